The molecule has 4 atom stereocenters. The van der Waals surface area contributed by atoms with Crippen LogP contribution in [0.5, 0.6) is 0 Å². The number of para-hydroxylation sites is 1. The third-order valence-electron chi connectivity index (χ3n) is 5.18. The van der Waals surface area contributed by atoms with Gasteiger partial charge in [-0.15, -0.1) is 11.3 Å². The van der Waals surface area contributed by atoms with E-state index in [1.807, 2.05) is 11.3 Å². The quantitative estimate of drug-likeness (QED) is 0.670. The molecule has 20 heavy (non-hydrogen) atoms. The maximum absolute atomic E-state index is 4.76. The zero-order chi connectivity index (χ0) is 13.5. The van der Waals surface area contributed by atoms with Gasteiger partial charge in [-0.05, 0) is 55.6 Å². The molecule has 0 saturated heterocycles. The molecule has 1 aromatic carbocycles. The van der Waals surface area contributed by atoms with Gasteiger partial charge in [0.2, 0.25) is 0 Å². The number of hydrogen-bond acceptors (Lipinski definition) is 2. The first-order valence-electron chi connectivity index (χ1n) is 7.76. The molecule has 4 unspecified atom stereocenters. The minimum atomic E-state index is 0.604. The van der Waals surface area contributed by atoms with Crippen LogP contribution in [0, 0.1) is 17.8 Å². The maximum Gasteiger partial charge on any atom is 0.0949 e. The van der Waals surface area contributed by atoms with Gasteiger partial charge in [0.25, 0.3) is 0 Å². The average Bonchev–Trinajstić information content (AvgIpc) is 3.11. The lowest BCUT2D eigenvalue weighted by Gasteiger charge is -2.23. The summed E-state index contributed by atoms with van der Waals surface area (Å²) >= 11 is 5.78. The molecule has 1 heterocycles. The van der Waals surface area contributed by atoms with Crippen LogP contribution >= 0.6 is 27.3 Å². The van der Waals surface area contributed by atoms with Gasteiger partial charge in [0.15, 0.2) is 0 Å². The summed E-state index contributed by atoms with van der Waals surface area (Å²) in [6.45, 7) is 0. The number of alkyl halides is 1. The summed E-state index contributed by atoms with van der Waals surface area (Å²) in [5, 5.41) is 1.29. The molecule has 2 aromatic rings. The minimum absolute atomic E-state index is 0.604. The first-order chi connectivity index (χ1) is 9.78. The molecular weight excluding hydrogens is 330 g/mol. The van der Waals surface area contributed by atoms with Gasteiger partial charge >= 0.3 is 0 Å². The second kappa shape index (κ2) is 5.42. The second-order valence-corrected chi connectivity index (χ2v) is 8.96. The molecule has 2 fully saturated rings. The minimum Gasteiger partial charge on any atom is -0.241 e. The van der Waals surface area contributed by atoms with Crippen LogP contribution in [0.25, 0.3) is 10.2 Å². The van der Waals surface area contributed by atoms with Crippen molar-refractivity contribution in [3.63, 3.8) is 0 Å². The molecule has 2 aliphatic carbocycles. The molecule has 0 spiro atoms. The molecular formula is C17H20BrNS. The Morgan fingerprint density at radius 3 is 2.90 bits per heavy atom. The Morgan fingerprint density at radius 2 is 2.15 bits per heavy atom. The number of fused-ring (bicyclic) bond motifs is 3. The fraction of sp³-hybridized carbons (Fsp3) is 0.588. The third-order valence-corrected chi connectivity index (χ3v) is 6.93. The van der Waals surface area contributed by atoms with Crippen molar-refractivity contribution in [1.29, 1.82) is 0 Å². The molecule has 0 radical (unpaired) electrons. The number of halogens is 1. The van der Waals surface area contributed by atoms with Crippen molar-refractivity contribution in [1.82, 2.24) is 4.98 Å². The third kappa shape index (κ3) is 2.55. The first-order valence-corrected chi connectivity index (χ1v) is 9.49. The number of benzene rings is 1. The lowest BCUT2D eigenvalue weighted by Crippen LogP contribution is -2.16. The van der Waals surface area contributed by atoms with Crippen LogP contribution in [-0.4, -0.2) is 9.81 Å². The highest BCUT2D eigenvalue weighted by Crippen LogP contribution is 2.50. The van der Waals surface area contributed by atoms with Crippen molar-refractivity contribution in [2.75, 3.05) is 0 Å². The first kappa shape index (κ1) is 13.3. The van der Waals surface area contributed by atoms with Gasteiger partial charge in [-0.25, -0.2) is 4.98 Å². The Morgan fingerprint density at radius 1 is 1.25 bits per heavy atom. The molecule has 3 heteroatoms. The lowest BCUT2D eigenvalue weighted by atomic mass is 9.85. The summed E-state index contributed by atoms with van der Waals surface area (Å²) in [4.78, 5) is 5.37. The summed E-state index contributed by atoms with van der Waals surface area (Å²) in [6.07, 6.45) is 8.45. The Balaban J connectivity index is 1.40. The van der Waals surface area contributed by atoms with Crippen LogP contribution in [0.3, 0.4) is 0 Å². The van der Waals surface area contributed by atoms with Gasteiger partial charge in [0, 0.05) is 11.2 Å². The number of thiazole rings is 1. The van der Waals surface area contributed by atoms with Crippen LogP contribution in [0.1, 0.15) is 37.1 Å². The normalized spacial score (nSPS) is 30.1. The Hall–Kier alpha value is -0.410. The van der Waals surface area contributed by atoms with Gasteiger partial charge in [0.05, 0.1) is 15.2 Å². The molecule has 1 nitrogen and oxygen atoms in total. The zero-order valence-electron chi connectivity index (χ0n) is 11.6. The summed E-state index contributed by atoms with van der Waals surface area (Å²) in [5.41, 5.74) is 1.16. The predicted molar refractivity (Wildman–Crippen MR) is 89.6 cm³/mol. The highest BCUT2D eigenvalue weighted by atomic mass is 79.9. The highest BCUT2D eigenvalue weighted by Gasteiger charge is 2.39. The van der Waals surface area contributed by atoms with E-state index in [4.69, 9.17) is 4.98 Å². The Labute approximate surface area is 132 Å². The van der Waals surface area contributed by atoms with E-state index in [1.54, 1.807) is 0 Å². The number of aromatic nitrogens is 1. The van der Waals surface area contributed by atoms with Gasteiger partial charge in [-0.2, -0.15) is 0 Å². The monoisotopic (exact) mass is 349 g/mol. The number of hydrogen-bond donors (Lipinski definition) is 0. The predicted octanol–water partition coefficient (Wildman–Crippen LogP) is 5.43. The second-order valence-electron chi connectivity index (χ2n) is 6.55. The maximum atomic E-state index is 4.76. The smallest absolute Gasteiger partial charge is 0.0949 e. The molecule has 1 aromatic heterocycles. The van der Waals surface area contributed by atoms with Crippen LogP contribution in [0.15, 0.2) is 24.3 Å². The molecule has 0 N–H and O–H groups in total. The van der Waals surface area contributed by atoms with E-state index in [0.717, 1.165) is 29.7 Å². The fourth-order valence-electron chi connectivity index (χ4n) is 4.27. The van der Waals surface area contributed by atoms with E-state index in [2.05, 4.69) is 40.2 Å². The van der Waals surface area contributed by atoms with Crippen molar-refractivity contribution < 1.29 is 0 Å². The van der Waals surface area contributed by atoms with Crippen molar-refractivity contribution in [2.24, 2.45) is 17.8 Å². The number of nitrogens with zero attached hydrogens (tertiary/aromatic N) is 1. The molecule has 0 amide bonds. The van der Waals surface area contributed by atoms with E-state index in [1.165, 1.54) is 41.8 Å². The largest absolute Gasteiger partial charge is 0.241 e. The van der Waals surface area contributed by atoms with Crippen LogP contribution in [0.4, 0.5) is 0 Å². The van der Waals surface area contributed by atoms with Gasteiger partial charge in [0.1, 0.15) is 0 Å². The van der Waals surface area contributed by atoms with Crippen molar-refractivity contribution in [3.05, 3.63) is 29.3 Å². The Bertz CT molecular complexity index is 575. The van der Waals surface area contributed by atoms with E-state index >= 15 is 0 Å². The zero-order valence-corrected chi connectivity index (χ0v) is 14.0. The highest BCUT2D eigenvalue weighted by molar-refractivity contribution is 9.09. The molecule has 106 valence electrons. The van der Waals surface area contributed by atoms with Crippen LogP contribution in [0.2, 0.25) is 0 Å². The standard InChI is InChI=1S/C17H20BrNS/c18-14(9-13-8-11-5-6-12(13)7-11)10-17-19-15-3-1-2-4-16(15)20-17/h1-4,11-14H,5-10H2. The molecule has 2 saturated carbocycles. The molecule has 2 bridgehead atoms. The number of rotatable bonds is 4. The van der Waals surface area contributed by atoms with Crippen molar-refractivity contribution in [3.8, 4) is 0 Å². The van der Waals surface area contributed by atoms with Crippen LogP contribution < -0.4 is 0 Å². The topological polar surface area (TPSA) is 12.9 Å². The fourth-order valence-corrected chi connectivity index (χ4v) is 6.32. The van der Waals surface area contributed by atoms with E-state index in [0.29, 0.717) is 4.83 Å². The summed E-state index contributed by atoms with van der Waals surface area (Å²) in [7, 11) is 0. The SMILES string of the molecule is BrC(Cc1nc2ccccc2s1)CC1CC2CCC1C2. The molecule has 2 aliphatic rings. The van der Waals surface area contributed by atoms with Gasteiger partial charge in [-0.1, -0.05) is 34.5 Å². The van der Waals surface area contributed by atoms with E-state index in [-0.39, 0.29) is 0 Å². The summed E-state index contributed by atoms with van der Waals surface area (Å²) in [5.74, 6) is 3.08. The average molecular weight is 350 g/mol. The van der Waals surface area contributed by atoms with Gasteiger partial charge in [-0.3, -0.25) is 0 Å². The molecule has 4 rings (SSSR count). The van der Waals surface area contributed by atoms with Crippen LogP contribution in [-0.2, 0) is 6.42 Å². The van der Waals surface area contributed by atoms with E-state index < -0.39 is 0 Å². The van der Waals surface area contributed by atoms with Crippen molar-refractivity contribution in [2.45, 2.75) is 43.4 Å². The summed E-state index contributed by atoms with van der Waals surface area (Å²) in [6, 6.07) is 8.47. The Kier molecular flexibility index (Phi) is 3.59. The lowest BCUT2D eigenvalue weighted by molar-refractivity contribution is 0.313. The van der Waals surface area contributed by atoms with Crippen molar-refractivity contribution >= 4 is 37.5 Å². The van der Waals surface area contributed by atoms with E-state index in [9.17, 15) is 0 Å². The summed E-state index contributed by atoms with van der Waals surface area (Å²) < 4.78 is 1.32. The molecule has 0 aliphatic heterocycles. The van der Waals surface area contributed by atoms with Gasteiger partial charge < -0.3 is 0 Å².